The zero-order chi connectivity index (χ0) is 9.84. The summed E-state index contributed by atoms with van der Waals surface area (Å²) < 4.78 is 0. The van der Waals surface area contributed by atoms with Crippen molar-refractivity contribution in [2.75, 3.05) is 0 Å². The molecule has 0 atom stereocenters. The van der Waals surface area contributed by atoms with Crippen molar-refractivity contribution in [1.82, 2.24) is 0 Å². The molecule has 72 valence electrons. The Labute approximate surface area is 77.3 Å². The molecule has 0 aromatic heterocycles. The Hall–Kier alpha value is -1.22. The molecule has 0 unspecified atom stereocenters. The van der Waals surface area contributed by atoms with E-state index in [1.807, 2.05) is 6.92 Å². The summed E-state index contributed by atoms with van der Waals surface area (Å²) in [6.45, 7) is 1.74. The summed E-state index contributed by atoms with van der Waals surface area (Å²) in [4.78, 5) is 0. The molecule has 0 saturated heterocycles. The van der Waals surface area contributed by atoms with Crippen molar-refractivity contribution in [3.05, 3.63) is 23.3 Å². The molecule has 0 amide bonds. The van der Waals surface area contributed by atoms with Gasteiger partial charge in [0.25, 0.3) is 0 Å². The van der Waals surface area contributed by atoms with Gasteiger partial charge < -0.3 is 15.3 Å². The highest BCUT2D eigenvalue weighted by Crippen LogP contribution is 2.28. The molecule has 0 radical (unpaired) electrons. The van der Waals surface area contributed by atoms with Crippen LogP contribution in [0.25, 0.3) is 0 Å². The third-order valence-corrected chi connectivity index (χ3v) is 1.94. The van der Waals surface area contributed by atoms with Crippen LogP contribution in [0.4, 0.5) is 0 Å². The second-order valence-electron chi connectivity index (χ2n) is 3.02. The summed E-state index contributed by atoms with van der Waals surface area (Å²) in [6, 6.07) is 2.90. The second kappa shape index (κ2) is 4.14. The molecule has 3 N–H and O–H groups in total. The molecule has 0 saturated carbocycles. The van der Waals surface area contributed by atoms with E-state index in [9.17, 15) is 10.2 Å². The first-order chi connectivity index (χ1) is 6.19. The summed E-state index contributed by atoms with van der Waals surface area (Å²) in [7, 11) is 0. The lowest BCUT2D eigenvalue weighted by atomic mass is 10.0. The first-order valence-electron chi connectivity index (χ1n) is 4.33. The maximum atomic E-state index is 9.57. The van der Waals surface area contributed by atoms with Crippen LogP contribution in [0.1, 0.15) is 24.5 Å². The highest BCUT2D eigenvalue weighted by Gasteiger charge is 2.07. The lowest BCUT2D eigenvalue weighted by Crippen LogP contribution is -1.91. The zero-order valence-electron chi connectivity index (χ0n) is 7.62. The predicted molar refractivity (Wildman–Crippen MR) is 49.7 cm³/mol. The minimum absolute atomic E-state index is 0.0882. The Morgan fingerprint density at radius 2 is 1.77 bits per heavy atom. The van der Waals surface area contributed by atoms with Gasteiger partial charge in [0.15, 0.2) is 0 Å². The van der Waals surface area contributed by atoms with Crippen LogP contribution in [0.2, 0.25) is 0 Å². The molecule has 0 fully saturated rings. The van der Waals surface area contributed by atoms with E-state index in [2.05, 4.69) is 0 Å². The number of benzene rings is 1. The van der Waals surface area contributed by atoms with Gasteiger partial charge in [-0.25, -0.2) is 0 Å². The van der Waals surface area contributed by atoms with Gasteiger partial charge in [-0.2, -0.15) is 0 Å². The molecule has 0 bridgehead atoms. The van der Waals surface area contributed by atoms with E-state index in [0.717, 1.165) is 6.42 Å². The van der Waals surface area contributed by atoms with Crippen molar-refractivity contribution in [2.45, 2.75) is 26.4 Å². The van der Waals surface area contributed by atoms with Gasteiger partial charge in [-0.1, -0.05) is 13.3 Å². The fourth-order valence-electron chi connectivity index (χ4n) is 1.32. The molecule has 1 rings (SSSR count). The van der Waals surface area contributed by atoms with Crippen LogP contribution in [0, 0.1) is 0 Å². The fourth-order valence-corrected chi connectivity index (χ4v) is 1.32. The minimum atomic E-state index is -0.253. The van der Waals surface area contributed by atoms with Crippen LogP contribution in [0.5, 0.6) is 11.5 Å². The van der Waals surface area contributed by atoms with Gasteiger partial charge in [-0.3, -0.25) is 0 Å². The van der Waals surface area contributed by atoms with Crippen molar-refractivity contribution in [1.29, 1.82) is 0 Å². The van der Waals surface area contributed by atoms with E-state index in [4.69, 9.17) is 5.11 Å². The van der Waals surface area contributed by atoms with E-state index in [-0.39, 0.29) is 18.1 Å². The van der Waals surface area contributed by atoms with Crippen molar-refractivity contribution >= 4 is 0 Å². The predicted octanol–water partition coefficient (Wildman–Crippen LogP) is 1.54. The van der Waals surface area contributed by atoms with Crippen molar-refractivity contribution in [3.63, 3.8) is 0 Å². The molecule has 1 aromatic rings. The van der Waals surface area contributed by atoms with Gasteiger partial charge >= 0.3 is 0 Å². The van der Waals surface area contributed by atoms with Gasteiger partial charge in [-0.15, -0.1) is 0 Å². The van der Waals surface area contributed by atoms with Crippen LogP contribution in [-0.2, 0) is 13.0 Å². The SMILES string of the molecule is CCCc1cc(O)cc(CO)c1O. The van der Waals surface area contributed by atoms with E-state index >= 15 is 0 Å². The fraction of sp³-hybridized carbons (Fsp3) is 0.400. The number of hydrogen-bond acceptors (Lipinski definition) is 3. The third-order valence-electron chi connectivity index (χ3n) is 1.94. The highest BCUT2D eigenvalue weighted by atomic mass is 16.3. The Morgan fingerprint density at radius 3 is 2.31 bits per heavy atom. The summed E-state index contributed by atoms with van der Waals surface area (Å²) in [5.41, 5.74) is 1.06. The quantitative estimate of drug-likeness (QED) is 0.621. The smallest absolute Gasteiger partial charge is 0.124 e. The number of phenols is 2. The second-order valence-corrected chi connectivity index (χ2v) is 3.02. The number of aliphatic hydroxyl groups is 1. The third kappa shape index (κ3) is 2.12. The molecule has 0 spiro atoms. The Bertz CT molecular complexity index is 294. The molecule has 0 aliphatic carbocycles. The lowest BCUT2D eigenvalue weighted by molar-refractivity contribution is 0.274. The van der Waals surface area contributed by atoms with Crippen molar-refractivity contribution in [2.24, 2.45) is 0 Å². The number of aryl methyl sites for hydroxylation is 1. The van der Waals surface area contributed by atoms with Crippen molar-refractivity contribution < 1.29 is 15.3 Å². The molecule has 13 heavy (non-hydrogen) atoms. The standard InChI is InChI=1S/C10H14O3/c1-2-3-7-4-9(12)5-8(6-11)10(7)13/h4-5,11-13H,2-3,6H2,1H3. The van der Waals surface area contributed by atoms with Crippen LogP contribution in [-0.4, -0.2) is 15.3 Å². The Balaban J connectivity index is 3.11. The topological polar surface area (TPSA) is 60.7 Å². The van der Waals surface area contributed by atoms with E-state index < -0.39 is 0 Å². The maximum absolute atomic E-state index is 9.57. The number of rotatable bonds is 3. The van der Waals surface area contributed by atoms with Gasteiger partial charge in [0.05, 0.1) is 6.61 Å². The largest absolute Gasteiger partial charge is 0.508 e. The number of aliphatic hydroxyl groups excluding tert-OH is 1. The van der Waals surface area contributed by atoms with Gasteiger partial charge in [0, 0.05) is 5.56 Å². The van der Waals surface area contributed by atoms with E-state index in [1.54, 1.807) is 0 Å². The van der Waals surface area contributed by atoms with Crippen LogP contribution in [0.3, 0.4) is 0 Å². The van der Waals surface area contributed by atoms with E-state index in [0.29, 0.717) is 17.5 Å². The molecule has 1 aromatic carbocycles. The summed E-state index contributed by atoms with van der Waals surface area (Å²) in [5.74, 6) is 0.187. The number of aromatic hydroxyl groups is 2. The first-order valence-corrected chi connectivity index (χ1v) is 4.33. The average Bonchev–Trinajstić information content (AvgIpc) is 2.11. The van der Waals surface area contributed by atoms with Crippen LogP contribution >= 0.6 is 0 Å². The van der Waals surface area contributed by atoms with E-state index in [1.165, 1.54) is 12.1 Å². The molecule has 3 heteroatoms. The normalized spacial score (nSPS) is 10.3. The maximum Gasteiger partial charge on any atom is 0.124 e. The molecule has 0 heterocycles. The summed E-state index contributed by atoms with van der Waals surface area (Å²) in [5, 5.41) is 27.7. The molecular weight excluding hydrogens is 168 g/mol. The summed E-state index contributed by atoms with van der Waals surface area (Å²) in [6.07, 6.45) is 1.59. The molecule has 3 nitrogen and oxygen atoms in total. The van der Waals surface area contributed by atoms with Gasteiger partial charge in [0.1, 0.15) is 11.5 Å². The van der Waals surface area contributed by atoms with Crippen LogP contribution < -0.4 is 0 Å². The lowest BCUT2D eigenvalue weighted by Gasteiger charge is -2.08. The first kappa shape index (κ1) is 9.86. The zero-order valence-corrected chi connectivity index (χ0v) is 7.62. The Kier molecular flexibility index (Phi) is 3.14. The van der Waals surface area contributed by atoms with Gasteiger partial charge in [0.2, 0.25) is 0 Å². The van der Waals surface area contributed by atoms with Gasteiger partial charge in [-0.05, 0) is 24.1 Å². The van der Waals surface area contributed by atoms with Crippen LogP contribution in [0.15, 0.2) is 12.1 Å². The molecular formula is C10H14O3. The average molecular weight is 182 g/mol. The Morgan fingerprint density at radius 1 is 1.15 bits per heavy atom. The minimum Gasteiger partial charge on any atom is -0.508 e. The monoisotopic (exact) mass is 182 g/mol. The summed E-state index contributed by atoms with van der Waals surface area (Å²) >= 11 is 0. The molecule has 0 aliphatic heterocycles. The van der Waals surface area contributed by atoms with Crippen molar-refractivity contribution in [3.8, 4) is 11.5 Å². The number of phenolic OH excluding ortho intramolecular Hbond substituents is 1. The molecule has 0 aliphatic rings. The highest BCUT2D eigenvalue weighted by molar-refractivity contribution is 5.45. The number of hydrogen-bond donors (Lipinski definition) is 3.